The summed E-state index contributed by atoms with van der Waals surface area (Å²) in [5.41, 5.74) is 6.36. The van der Waals surface area contributed by atoms with E-state index in [9.17, 15) is 14.0 Å². The summed E-state index contributed by atoms with van der Waals surface area (Å²) in [6.45, 7) is 10.5. The minimum absolute atomic E-state index is 0.00129. The molecule has 8 heteroatoms. The second-order valence-electron chi connectivity index (χ2n) is 8.13. The molecule has 7 nitrogen and oxygen atoms in total. The molecule has 1 fully saturated rings. The molecule has 0 saturated carbocycles. The van der Waals surface area contributed by atoms with Crippen LogP contribution in [0.4, 0.5) is 15.8 Å². The molecule has 2 amide bonds. The Kier molecular flexibility index (Phi) is 7.51. The number of morpholine rings is 1. The van der Waals surface area contributed by atoms with Gasteiger partial charge in [-0.15, -0.1) is 0 Å². The molecule has 3 N–H and O–H groups in total. The Hall–Kier alpha value is -2.03. The Morgan fingerprint density at radius 3 is 2.68 bits per heavy atom. The fourth-order valence-electron chi connectivity index (χ4n) is 3.25. The van der Waals surface area contributed by atoms with Crippen molar-refractivity contribution < 1.29 is 18.7 Å². The molecule has 0 spiro atoms. The van der Waals surface area contributed by atoms with Gasteiger partial charge in [-0.1, -0.05) is 27.7 Å². The van der Waals surface area contributed by atoms with Crippen LogP contribution in [0.25, 0.3) is 0 Å². The lowest BCUT2D eigenvalue weighted by Gasteiger charge is -2.34. The van der Waals surface area contributed by atoms with Crippen LogP contribution in [0.2, 0.25) is 0 Å². The Bertz CT molecular complexity index is 705. The van der Waals surface area contributed by atoms with Crippen molar-refractivity contribution >= 4 is 23.2 Å². The monoisotopic (exact) mass is 394 g/mol. The zero-order chi connectivity index (χ0) is 20.9. The molecular formula is C20H31FN4O3. The molecule has 0 unspecified atom stereocenters. The number of hydrogen-bond acceptors (Lipinski definition) is 5. The highest BCUT2D eigenvalue weighted by molar-refractivity contribution is 5.97. The maximum atomic E-state index is 14.6. The molecule has 28 heavy (non-hydrogen) atoms. The van der Waals surface area contributed by atoms with E-state index >= 15 is 0 Å². The van der Waals surface area contributed by atoms with Crippen LogP contribution in [0.3, 0.4) is 0 Å². The van der Waals surface area contributed by atoms with E-state index in [1.54, 1.807) is 6.07 Å². The average molecular weight is 394 g/mol. The SMILES string of the molecule is CCN(CC(C)(C)C)[C@H](CN)C(=O)Nc1ccc(N2CCOCC2=O)cc1F. The van der Waals surface area contributed by atoms with E-state index in [0.717, 1.165) is 0 Å². The molecule has 1 aromatic carbocycles. The van der Waals surface area contributed by atoms with Gasteiger partial charge in [-0.25, -0.2) is 4.39 Å². The van der Waals surface area contributed by atoms with Crippen LogP contribution in [0, 0.1) is 11.2 Å². The van der Waals surface area contributed by atoms with Crippen molar-refractivity contribution in [2.75, 3.05) is 49.6 Å². The van der Waals surface area contributed by atoms with E-state index in [0.29, 0.717) is 31.9 Å². The zero-order valence-corrected chi connectivity index (χ0v) is 17.1. The van der Waals surface area contributed by atoms with Crippen molar-refractivity contribution in [2.24, 2.45) is 11.1 Å². The van der Waals surface area contributed by atoms with Gasteiger partial charge >= 0.3 is 0 Å². The van der Waals surface area contributed by atoms with Crippen LogP contribution in [-0.4, -0.2) is 62.1 Å². The number of nitrogens with two attached hydrogens (primary N) is 1. The molecular weight excluding hydrogens is 363 g/mol. The smallest absolute Gasteiger partial charge is 0.253 e. The molecule has 1 heterocycles. The van der Waals surface area contributed by atoms with Gasteiger partial charge in [0.2, 0.25) is 5.91 Å². The first-order chi connectivity index (χ1) is 13.2. The lowest BCUT2D eigenvalue weighted by Crippen LogP contribution is -2.51. The van der Waals surface area contributed by atoms with Crippen molar-refractivity contribution in [2.45, 2.75) is 33.7 Å². The van der Waals surface area contributed by atoms with E-state index in [1.807, 2.05) is 11.8 Å². The summed E-state index contributed by atoms with van der Waals surface area (Å²) in [6.07, 6.45) is 0. The second kappa shape index (κ2) is 9.45. The third kappa shape index (κ3) is 5.73. The Morgan fingerprint density at radius 2 is 2.14 bits per heavy atom. The van der Waals surface area contributed by atoms with Gasteiger partial charge in [0.25, 0.3) is 5.91 Å². The Labute approximate surface area is 166 Å². The molecule has 2 rings (SSSR count). The standard InChI is InChI=1S/C20H31FN4O3/c1-5-24(13-20(2,3)4)17(11-22)19(27)23-16-7-6-14(10-15(16)21)25-8-9-28-12-18(25)26/h6-7,10,17H,5,8-9,11-13,22H2,1-4H3,(H,23,27)/t17-/m1/s1. The van der Waals surface area contributed by atoms with Crippen LogP contribution >= 0.6 is 0 Å². The highest BCUT2D eigenvalue weighted by Gasteiger charge is 2.28. The summed E-state index contributed by atoms with van der Waals surface area (Å²) in [7, 11) is 0. The van der Waals surface area contributed by atoms with E-state index in [-0.39, 0.29) is 36.1 Å². The summed E-state index contributed by atoms with van der Waals surface area (Å²) in [4.78, 5) is 28.1. The fraction of sp³-hybridized carbons (Fsp3) is 0.600. The number of halogens is 1. The Morgan fingerprint density at radius 1 is 1.43 bits per heavy atom. The third-order valence-electron chi connectivity index (χ3n) is 4.56. The van der Waals surface area contributed by atoms with Gasteiger partial charge in [-0.05, 0) is 30.2 Å². The number of carbonyl (C=O) groups excluding carboxylic acids is 2. The van der Waals surface area contributed by atoms with Crippen LogP contribution < -0.4 is 16.0 Å². The van der Waals surface area contributed by atoms with E-state index in [4.69, 9.17) is 10.5 Å². The quantitative estimate of drug-likeness (QED) is 0.737. The minimum Gasteiger partial charge on any atom is -0.370 e. The lowest BCUT2D eigenvalue weighted by atomic mass is 9.95. The number of rotatable bonds is 7. The van der Waals surface area contributed by atoms with Crippen molar-refractivity contribution in [1.82, 2.24) is 4.90 Å². The number of anilines is 2. The van der Waals surface area contributed by atoms with E-state index in [2.05, 4.69) is 26.1 Å². The highest BCUT2D eigenvalue weighted by Crippen LogP contribution is 2.24. The predicted octanol–water partition coefficient (Wildman–Crippen LogP) is 1.82. The highest BCUT2D eigenvalue weighted by atomic mass is 19.1. The summed E-state index contributed by atoms with van der Waals surface area (Å²) in [5, 5.41) is 2.64. The molecule has 0 aliphatic carbocycles. The van der Waals surface area contributed by atoms with Gasteiger partial charge in [0.15, 0.2) is 0 Å². The molecule has 1 aliphatic heterocycles. The van der Waals surface area contributed by atoms with Gasteiger partial charge in [0.1, 0.15) is 18.5 Å². The number of ether oxygens (including phenoxy) is 1. The first-order valence-electron chi connectivity index (χ1n) is 9.59. The van der Waals surface area contributed by atoms with E-state index in [1.165, 1.54) is 17.0 Å². The van der Waals surface area contributed by atoms with Gasteiger partial charge in [0, 0.05) is 25.3 Å². The molecule has 1 atom stereocenters. The number of likely N-dealkylation sites (N-methyl/N-ethyl adjacent to an activating group) is 1. The fourth-order valence-corrected chi connectivity index (χ4v) is 3.25. The molecule has 156 valence electrons. The topological polar surface area (TPSA) is 87.9 Å². The summed E-state index contributed by atoms with van der Waals surface area (Å²) in [5.74, 6) is -1.16. The summed E-state index contributed by atoms with van der Waals surface area (Å²) in [6, 6.07) is 3.79. The van der Waals surface area contributed by atoms with Gasteiger partial charge < -0.3 is 20.7 Å². The van der Waals surface area contributed by atoms with Crippen molar-refractivity contribution in [3.8, 4) is 0 Å². The number of hydrogen-bond donors (Lipinski definition) is 2. The molecule has 0 bridgehead atoms. The van der Waals surface area contributed by atoms with Crippen LogP contribution in [-0.2, 0) is 14.3 Å². The normalized spacial score (nSPS) is 16.4. The minimum atomic E-state index is -0.597. The maximum absolute atomic E-state index is 14.6. The largest absolute Gasteiger partial charge is 0.370 e. The summed E-state index contributed by atoms with van der Waals surface area (Å²) < 4.78 is 19.7. The molecule has 0 aromatic heterocycles. The second-order valence-corrected chi connectivity index (χ2v) is 8.13. The van der Waals surface area contributed by atoms with Gasteiger partial charge in [-0.2, -0.15) is 0 Å². The predicted molar refractivity (Wildman–Crippen MR) is 108 cm³/mol. The van der Waals surface area contributed by atoms with Gasteiger partial charge in [-0.3, -0.25) is 14.5 Å². The van der Waals surface area contributed by atoms with Gasteiger partial charge in [0.05, 0.1) is 12.3 Å². The third-order valence-corrected chi connectivity index (χ3v) is 4.56. The zero-order valence-electron chi connectivity index (χ0n) is 17.1. The van der Waals surface area contributed by atoms with Crippen molar-refractivity contribution in [3.05, 3.63) is 24.0 Å². The number of amides is 2. The van der Waals surface area contributed by atoms with Crippen LogP contribution in [0.15, 0.2) is 18.2 Å². The maximum Gasteiger partial charge on any atom is 0.253 e. The average Bonchev–Trinajstić information content (AvgIpc) is 2.62. The molecule has 1 aliphatic rings. The molecule has 1 aromatic rings. The van der Waals surface area contributed by atoms with Crippen LogP contribution in [0.1, 0.15) is 27.7 Å². The first-order valence-corrected chi connectivity index (χ1v) is 9.59. The molecule has 0 radical (unpaired) electrons. The summed E-state index contributed by atoms with van der Waals surface area (Å²) >= 11 is 0. The first kappa shape index (κ1) is 22.3. The lowest BCUT2D eigenvalue weighted by molar-refractivity contribution is -0.125. The van der Waals surface area contributed by atoms with E-state index < -0.39 is 11.9 Å². The van der Waals surface area contributed by atoms with Crippen LogP contribution in [0.5, 0.6) is 0 Å². The Balaban J connectivity index is 2.12. The number of benzene rings is 1. The number of nitrogens with one attached hydrogen (secondary N) is 1. The number of carbonyl (C=O) groups is 2. The molecule has 1 saturated heterocycles. The van der Waals surface area contributed by atoms with Crippen molar-refractivity contribution in [3.63, 3.8) is 0 Å². The van der Waals surface area contributed by atoms with Crippen molar-refractivity contribution in [1.29, 1.82) is 0 Å². The number of nitrogens with zero attached hydrogens (tertiary/aromatic N) is 2.